The van der Waals surface area contributed by atoms with E-state index in [1.165, 1.54) is 10.4 Å². The molecule has 30 heavy (non-hydrogen) atoms. The molecule has 3 heterocycles. The van der Waals surface area contributed by atoms with Gasteiger partial charge < -0.3 is 9.84 Å². The summed E-state index contributed by atoms with van der Waals surface area (Å²) >= 11 is 1.57. The van der Waals surface area contributed by atoms with Crippen molar-refractivity contribution < 1.29 is 9.32 Å². The van der Waals surface area contributed by atoms with Crippen molar-refractivity contribution in [3.8, 4) is 11.3 Å². The molecule has 6 nitrogen and oxygen atoms in total. The number of nitrogens with zero attached hydrogens (tertiary/aromatic N) is 3. The SMILES string of the molecule is Cc1cc(-c2cnc(C)nc2C2CCC(CNC(=O)c3cc(C)c(C)s3)CC2)on1. The predicted molar refractivity (Wildman–Crippen MR) is 118 cm³/mol. The molecule has 1 amide bonds. The third-order valence-electron chi connectivity index (χ3n) is 6.01. The zero-order valence-corrected chi connectivity index (χ0v) is 18.8. The predicted octanol–water partition coefficient (Wildman–Crippen LogP) is 5.13. The summed E-state index contributed by atoms with van der Waals surface area (Å²) in [7, 11) is 0. The van der Waals surface area contributed by atoms with Crippen molar-refractivity contribution in [2.45, 2.75) is 59.3 Å². The second kappa shape index (κ2) is 8.68. The van der Waals surface area contributed by atoms with E-state index in [1.807, 2.05) is 39.1 Å². The second-order valence-electron chi connectivity index (χ2n) is 8.33. The fourth-order valence-corrected chi connectivity index (χ4v) is 5.08. The molecule has 0 saturated heterocycles. The molecule has 0 aliphatic heterocycles. The van der Waals surface area contributed by atoms with E-state index in [2.05, 4.69) is 22.4 Å². The minimum absolute atomic E-state index is 0.0488. The van der Waals surface area contributed by atoms with Gasteiger partial charge in [0.25, 0.3) is 5.91 Å². The van der Waals surface area contributed by atoms with Crippen molar-refractivity contribution in [2.75, 3.05) is 6.54 Å². The number of nitrogens with one attached hydrogen (secondary N) is 1. The quantitative estimate of drug-likeness (QED) is 0.614. The van der Waals surface area contributed by atoms with Gasteiger partial charge in [0.1, 0.15) is 5.82 Å². The van der Waals surface area contributed by atoms with Gasteiger partial charge in [-0.15, -0.1) is 11.3 Å². The van der Waals surface area contributed by atoms with E-state index in [0.29, 0.717) is 11.8 Å². The van der Waals surface area contributed by atoms with Crippen LogP contribution in [0.4, 0.5) is 0 Å². The maximum Gasteiger partial charge on any atom is 0.261 e. The van der Waals surface area contributed by atoms with Crippen LogP contribution in [0.15, 0.2) is 22.9 Å². The topological polar surface area (TPSA) is 80.9 Å². The Morgan fingerprint density at radius 2 is 1.93 bits per heavy atom. The molecule has 0 aromatic carbocycles. The molecule has 7 heteroatoms. The maximum absolute atomic E-state index is 12.4. The van der Waals surface area contributed by atoms with Gasteiger partial charge in [-0.3, -0.25) is 4.79 Å². The number of hydrogen-bond acceptors (Lipinski definition) is 6. The summed E-state index contributed by atoms with van der Waals surface area (Å²) in [5.74, 6) is 2.44. The highest BCUT2D eigenvalue weighted by Gasteiger charge is 2.27. The van der Waals surface area contributed by atoms with Gasteiger partial charge in [-0.05, 0) is 70.9 Å². The Kier molecular flexibility index (Phi) is 5.99. The Bertz CT molecular complexity index is 1030. The van der Waals surface area contributed by atoms with Gasteiger partial charge in [0.15, 0.2) is 5.76 Å². The first-order chi connectivity index (χ1) is 14.4. The summed E-state index contributed by atoms with van der Waals surface area (Å²) in [5.41, 5.74) is 4.04. The third kappa shape index (κ3) is 4.46. The lowest BCUT2D eigenvalue weighted by atomic mass is 9.79. The molecular formula is C23H28N4O2S. The molecule has 4 rings (SSSR count). The van der Waals surface area contributed by atoms with E-state index >= 15 is 0 Å². The van der Waals surface area contributed by atoms with E-state index in [9.17, 15) is 4.79 Å². The molecule has 1 aliphatic carbocycles. The molecule has 0 atom stereocenters. The van der Waals surface area contributed by atoms with E-state index in [-0.39, 0.29) is 5.91 Å². The van der Waals surface area contributed by atoms with Gasteiger partial charge in [0, 0.05) is 29.6 Å². The molecule has 3 aromatic rings. The summed E-state index contributed by atoms with van der Waals surface area (Å²) in [4.78, 5) is 23.6. The summed E-state index contributed by atoms with van der Waals surface area (Å²) in [6.45, 7) is 8.68. The van der Waals surface area contributed by atoms with Crippen LogP contribution in [0.3, 0.4) is 0 Å². The van der Waals surface area contributed by atoms with Crippen LogP contribution in [-0.4, -0.2) is 27.6 Å². The molecular weight excluding hydrogens is 396 g/mol. The van der Waals surface area contributed by atoms with Gasteiger partial charge in [-0.2, -0.15) is 0 Å². The van der Waals surface area contributed by atoms with Gasteiger partial charge in [-0.1, -0.05) is 5.16 Å². The van der Waals surface area contributed by atoms with Gasteiger partial charge >= 0.3 is 0 Å². The van der Waals surface area contributed by atoms with Crippen molar-refractivity contribution in [3.05, 3.63) is 50.9 Å². The van der Waals surface area contributed by atoms with Crippen molar-refractivity contribution in [1.29, 1.82) is 0 Å². The Morgan fingerprint density at radius 1 is 1.17 bits per heavy atom. The fourth-order valence-electron chi connectivity index (χ4n) is 4.13. The Hall–Kier alpha value is -2.54. The minimum Gasteiger partial charge on any atom is -0.356 e. The molecule has 0 bridgehead atoms. The zero-order valence-electron chi connectivity index (χ0n) is 18.0. The largest absolute Gasteiger partial charge is 0.356 e. The summed E-state index contributed by atoms with van der Waals surface area (Å²) < 4.78 is 5.48. The van der Waals surface area contributed by atoms with Crippen LogP contribution in [0.2, 0.25) is 0 Å². The minimum atomic E-state index is 0.0488. The summed E-state index contributed by atoms with van der Waals surface area (Å²) in [6, 6.07) is 3.92. The van der Waals surface area contributed by atoms with Crippen LogP contribution in [0.1, 0.15) is 68.9 Å². The van der Waals surface area contributed by atoms with Crippen LogP contribution >= 0.6 is 11.3 Å². The van der Waals surface area contributed by atoms with Crippen molar-refractivity contribution >= 4 is 17.2 Å². The highest BCUT2D eigenvalue weighted by Crippen LogP contribution is 2.39. The number of amides is 1. The van der Waals surface area contributed by atoms with E-state index in [0.717, 1.165) is 65.6 Å². The number of aromatic nitrogens is 3. The summed E-state index contributed by atoms with van der Waals surface area (Å²) in [6.07, 6.45) is 6.11. The Labute approximate surface area is 181 Å². The molecule has 1 aliphatic rings. The highest BCUT2D eigenvalue weighted by molar-refractivity contribution is 7.14. The molecule has 3 aromatic heterocycles. The Balaban J connectivity index is 1.38. The Morgan fingerprint density at radius 3 is 2.57 bits per heavy atom. The van der Waals surface area contributed by atoms with E-state index in [1.54, 1.807) is 11.3 Å². The van der Waals surface area contributed by atoms with Crippen molar-refractivity contribution in [2.24, 2.45) is 5.92 Å². The number of carbonyl (C=O) groups excluding carboxylic acids is 1. The maximum atomic E-state index is 12.4. The first-order valence-corrected chi connectivity index (χ1v) is 11.3. The number of thiophene rings is 1. The lowest BCUT2D eigenvalue weighted by Gasteiger charge is -2.29. The number of aryl methyl sites for hydroxylation is 4. The standard InChI is InChI=1S/C23H28N4O2S/c1-13-9-21(30-15(13)3)23(28)25-11-17-5-7-18(8-6-17)22-19(12-24-16(4)26-22)20-10-14(2)27-29-20/h9-10,12,17-18H,5-8,11H2,1-4H3,(H,25,28). The average molecular weight is 425 g/mol. The average Bonchev–Trinajstić information content (AvgIpc) is 3.32. The first-order valence-electron chi connectivity index (χ1n) is 10.5. The van der Waals surface area contributed by atoms with E-state index < -0.39 is 0 Å². The van der Waals surface area contributed by atoms with Crippen LogP contribution in [-0.2, 0) is 0 Å². The first kappa shape index (κ1) is 20.7. The van der Waals surface area contributed by atoms with Crippen LogP contribution < -0.4 is 5.32 Å². The third-order valence-corrected chi connectivity index (χ3v) is 7.16. The van der Waals surface area contributed by atoms with Gasteiger partial charge in [0.2, 0.25) is 0 Å². The molecule has 0 unspecified atom stereocenters. The second-order valence-corrected chi connectivity index (χ2v) is 9.58. The highest BCUT2D eigenvalue weighted by atomic mass is 32.1. The monoisotopic (exact) mass is 424 g/mol. The van der Waals surface area contributed by atoms with Gasteiger partial charge in [0.05, 0.1) is 21.8 Å². The van der Waals surface area contributed by atoms with Crippen LogP contribution in [0.25, 0.3) is 11.3 Å². The molecule has 1 N–H and O–H groups in total. The zero-order chi connectivity index (χ0) is 21.3. The fraction of sp³-hybridized carbons (Fsp3) is 0.478. The summed E-state index contributed by atoms with van der Waals surface area (Å²) in [5, 5.41) is 7.15. The molecule has 1 fully saturated rings. The molecule has 158 valence electrons. The molecule has 0 spiro atoms. The van der Waals surface area contributed by atoms with E-state index in [4.69, 9.17) is 9.51 Å². The number of rotatable bonds is 5. The van der Waals surface area contributed by atoms with Crippen molar-refractivity contribution in [1.82, 2.24) is 20.4 Å². The normalized spacial score (nSPS) is 19.1. The smallest absolute Gasteiger partial charge is 0.261 e. The lowest BCUT2D eigenvalue weighted by Crippen LogP contribution is -2.30. The van der Waals surface area contributed by atoms with Gasteiger partial charge in [-0.25, -0.2) is 9.97 Å². The number of carbonyl (C=O) groups is 1. The van der Waals surface area contributed by atoms with Crippen molar-refractivity contribution in [3.63, 3.8) is 0 Å². The van der Waals surface area contributed by atoms with Crippen LogP contribution in [0, 0.1) is 33.6 Å². The molecule has 1 saturated carbocycles. The lowest BCUT2D eigenvalue weighted by molar-refractivity contribution is 0.0947. The number of hydrogen-bond donors (Lipinski definition) is 1. The molecule has 0 radical (unpaired) electrons. The van der Waals surface area contributed by atoms with Crippen LogP contribution in [0.5, 0.6) is 0 Å².